The Morgan fingerprint density at radius 1 is 0.534 bits per heavy atom. The first-order chi connectivity index (χ1) is 27.3. The van der Waals surface area contributed by atoms with Crippen molar-refractivity contribution >= 4 is 11.9 Å². The Morgan fingerprint density at radius 3 is 1.50 bits per heavy atom. The summed E-state index contributed by atoms with van der Waals surface area (Å²) in [6, 6.07) is -1.61. The summed E-state index contributed by atoms with van der Waals surface area (Å²) in [6.07, 6.45) is -44.4. The Kier molecular flexibility index (Phi) is 16.1. The molecule has 0 radical (unpaired) electrons. The fourth-order valence-corrected chi connectivity index (χ4v) is 7.08. The third kappa shape index (κ3) is 9.72. The Hall–Kier alpha value is -1.98. The lowest BCUT2D eigenvalue weighted by Gasteiger charge is -2.49. The highest BCUT2D eigenvalue weighted by Crippen LogP contribution is 2.35. The average molecular weight is 854 g/mol. The summed E-state index contributed by atoms with van der Waals surface area (Å²) >= 11 is 0. The van der Waals surface area contributed by atoms with Gasteiger partial charge in [-0.05, 0) is 0 Å². The number of ether oxygens (including phenoxy) is 9. The van der Waals surface area contributed by atoms with Crippen molar-refractivity contribution in [1.29, 1.82) is 0 Å². The van der Waals surface area contributed by atoms with Crippen molar-refractivity contribution in [3.63, 3.8) is 0 Å². The molecule has 0 saturated carbocycles. The minimum Gasteiger partial charge on any atom is -0.479 e. The molecule has 24 atom stereocenters. The van der Waals surface area contributed by atoms with Gasteiger partial charge in [-0.15, -0.1) is 0 Å². The van der Waals surface area contributed by atoms with Crippen LogP contribution in [0.5, 0.6) is 0 Å². The molecule has 58 heavy (non-hydrogen) atoms. The van der Waals surface area contributed by atoms with Crippen LogP contribution in [0.4, 0.5) is 0 Å². The number of aliphatic hydroxyl groups is 14. The van der Waals surface area contributed by atoms with Crippen LogP contribution in [0.1, 0.15) is 6.92 Å². The third-order valence-electron chi connectivity index (χ3n) is 10.3. The van der Waals surface area contributed by atoms with Gasteiger partial charge < -0.3 is 125 Å². The predicted molar refractivity (Wildman–Crippen MR) is 173 cm³/mol. The van der Waals surface area contributed by atoms with Gasteiger partial charge in [-0.25, -0.2) is 4.79 Å². The van der Waals surface area contributed by atoms with E-state index < -0.39 is 186 Å². The first kappa shape index (κ1) is 47.1. The number of carboxylic acids is 1. The molecule has 5 fully saturated rings. The number of aliphatic carboxylic acids is 1. The number of amides is 1. The lowest BCUT2D eigenvalue weighted by atomic mass is 9.94. The molecule has 0 aromatic carbocycles. The second kappa shape index (κ2) is 19.8. The van der Waals surface area contributed by atoms with Crippen molar-refractivity contribution in [3.05, 3.63) is 0 Å². The molecule has 0 aromatic rings. The molecule has 0 aliphatic carbocycles. The van der Waals surface area contributed by atoms with E-state index in [-0.39, 0.29) is 0 Å². The Balaban J connectivity index is 1.32. The topological polar surface area (TPSA) is 433 Å². The first-order valence-corrected chi connectivity index (χ1v) is 18.0. The lowest BCUT2D eigenvalue weighted by molar-refractivity contribution is -0.388. The number of carbonyl (C=O) groups is 2. The van der Waals surface area contributed by atoms with Gasteiger partial charge >= 0.3 is 5.97 Å². The maximum absolute atomic E-state index is 12.4. The molecule has 0 unspecified atom stereocenters. The average Bonchev–Trinajstić information content (AvgIpc) is 3.18. The summed E-state index contributed by atoms with van der Waals surface area (Å²) in [5.41, 5.74) is 0. The highest BCUT2D eigenvalue weighted by Gasteiger charge is 2.57. The summed E-state index contributed by atoms with van der Waals surface area (Å²) in [5.74, 6) is -2.62. The molecule has 27 heteroatoms. The fourth-order valence-electron chi connectivity index (χ4n) is 7.08. The van der Waals surface area contributed by atoms with Crippen LogP contribution in [0.2, 0.25) is 0 Å². The smallest absolute Gasteiger partial charge is 0.335 e. The summed E-state index contributed by atoms with van der Waals surface area (Å²) in [6.45, 7) is -2.31. The number of carbonyl (C=O) groups excluding carboxylic acids is 1. The van der Waals surface area contributed by atoms with Crippen LogP contribution in [0.15, 0.2) is 0 Å². The minimum atomic E-state index is -2.29. The normalized spacial score (nSPS) is 50.3. The van der Waals surface area contributed by atoms with E-state index in [0.717, 1.165) is 6.92 Å². The molecule has 1 amide bonds. The van der Waals surface area contributed by atoms with E-state index in [1.165, 1.54) is 0 Å². The van der Waals surface area contributed by atoms with Crippen molar-refractivity contribution in [2.24, 2.45) is 0 Å². The molecule has 0 bridgehead atoms. The van der Waals surface area contributed by atoms with Crippen molar-refractivity contribution in [1.82, 2.24) is 5.32 Å². The van der Waals surface area contributed by atoms with Crippen molar-refractivity contribution in [2.45, 2.75) is 154 Å². The van der Waals surface area contributed by atoms with E-state index in [1.807, 2.05) is 0 Å². The fraction of sp³-hybridized carbons (Fsp3) is 0.935. The number of hydrogen-bond donors (Lipinski definition) is 16. The number of aliphatic hydroxyl groups excluding tert-OH is 14. The SMILES string of the molecule is CC(=O)N[C@H]1[C@H](O[C@H]2[C@H](O)[C@@H](O)[C@H](O[C@H]3[C@@H](O)[C@@H](CO)O[C@@H](O[C@H]4[C@@H](O)[C@@H](CO)O[C@@H](O[C@@H]5CO[C@H](O)[C@H](O)[C@H]5O)[C@@H]4O)[C@@H]3O)O[C@@H]2C(=O)O)O[C@H](CO)[C@H](O)[C@@H]1O. The van der Waals surface area contributed by atoms with Crippen molar-refractivity contribution in [3.8, 4) is 0 Å². The molecule has 27 nitrogen and oxygen atoms in total. The molecular formula is C31H51NO26. The van der Waals surface area contributed by atoms with Gasteiger partial charge in [0.1, 0.15) is 110 Å². The van der Waals surface area contributed by atoms with Crippen LogP contribution in [0, 0.1) is 0 Å². The molecule has 5 rings (SSSR count). The van der Waals surface area contributed by atoms with Gasteiger partial charge in [0.2, 0.25) is 5.91 Å². The second-order valence-electron chi connectivity index (χ2n) is 14.3. The van der Waals surface area contributed by atoms with Gasteiger partial charge in [0.15, 0.2) is 37.6 Å². The lowest BCUT2D eigenvalue weighted by Crippen LogP contribution is -2.69. The maximum Gasteiger partial charge on any atom is 0.335 e. The molecule has 5 saturated heterocycles. The summed E-state index contributed by atoms with van der Waals surface area (Å²) < 4.78 is 48.9. The number of nitrogens with one attached hydrogen (secondary N) is 1. The molecule has 336 valence electrons. The molecular weight excluding hydrogens is 802 g/mol. The van der Waals surface area contributed by atoms with Gasteiger partial charge in [-0.3, -0.25) is 4.79 Å². The van der Waals surface area contributed by atoms with Crippen molar-refractivity contribution in [2.75, 3.05) is 26.4 Å². The van der Waals surface area contributed by atoms with Crippen LogP contribution >= 0.6 is 0 Å². The maximum atomic E-state index is 12.4. The number of hydrogen-bond acceptors (Lipinski definition) is 25. The van der Waals surface area contributed by atoms with Crippen LogP contribution in [-0.2, 0) is 52.2 Å². The van der Waals surface area contributed by atoms with Crippen LogP contribution in [0.25, 0.3) is 0 Å². The van der Waals surface area contributed by atoms with E-state index >= 15 is 0 Å². The summed E-state index contributed by atoms with van der Waals surface area (Å²) in [4.78, 5) is 24.3. The Bertz CT molecular complexity index is 1350. The number of carboxylic acid groups (broad SMARTS) is 1. The first-order valence-electron chi connectivity index (χ1n) is 18.0. The van der Waals surface area contributed by atoms with Crippen LogP contribution < -0.4 is 5.32 Å². The highest BCUT2D eigenvalue weighted by atomic mass is 16.8. The van der Waals surface area contributed by atoms with E-state index in [1.54, 1.807) is 0 Å². The molecule has 5 heterocycles. The Morgan fingerprint density at radius 2 is 1.00 bits per heavy atom. The number of rotatable bonds is 13. The standard InChI is InChI=1S/C31H51NO26/c1-6(36)32-11-16(41)12(37)7(2-33)51-28(11)57-24-17(42)19(44)29(58-25(24)26(47)48)55-23-15(40)9(4-35)53-31(21(23)46)56-22-14(39)8(3-34)52-30(20(22)45)54-10-5-50-27(49)18(43)13(10)38/h7-25,27-31,33-35,37-46,49H,2-5H2,1H3,(H,32,36)(H,47,48)/t7-,8-,9-,10-,11-,12+,13+,14+,15+,16-,17-,18-,19-,20-,21-,22+,23+,24+,25+,27+,28+,29-,30+,31+/m1/s1. The van der Waals surface area contributed by atoms with Gasteiger partial charge in [0.05, 0.1) is 26.4 Å². The molecule has 16 N–H and O–H groups in total. The van der Waals surface area contributed by atoms with Gasteiger partial charge in [0, 0.05) is 6.92 Å². The zero-order valence-electron chi connectivity index (χ0n) is 30.4. The zero-order valence-corrected chi connectivity index (χ0v) is 30.4. The molecule has 5 aliphatic heterocycles. The van der Waals surface area contributed by atoms with Gasteiger partial charge in [0.25, 0.3) is 0 Å². The summed E-state index contributed by atoms with van der Waals surface area (Å²) in [5, 5.41) is 159. The largest absolute Gasteiger partial charge is 0.479 e. The van der Waals surface area contributed by atoms with Gasteiger partial charge in [-0.1, -0.05) is 0 Å². The second-order valence-corrected chi connectivity index (χ2v) is 14.3. The van der Waals surface area contributed by atoms with Crippen LogP contribution in [-0.4, -0.2) is 262 Å². The van der Waals surface area contributed by atoms with Crippen LogP contribution in [0.3, 0.4) is 0 Å². The predicted octanol–water partition coefficient (Wildman–Crippen LogP) is -11.0. The molecule has 0 aromatic heterocycles. The van der Waals surface area contributed by atoms with E-state index in [0.29, 0.717) is 0 Å². The Labute approximate surface area is 326 Å². The van der Waals surface area contributed by atoms with Crippen molar-refractivity contribution < 1.29 is 129 Å². The van der Waals surface area contributed by atoms with Gasteiger partial charge in [-0.2, -0.15) is 0 Å². The van der Waals surface area contributed by atoms with E-state index in [2.05, 4.69) is 5.32 Å². The quantitative estimate of drug-likeness (QED) is 0.0818. The zero-order chi connectivity index (χ0) is 42.9. The summed E-state index contributed by atoms with van der Waals surface area (Å²) in [7, 11) is 0. The third-order valence-corrected chi connectivity index (χ3v) is 10.3. The minimum absolute atomic E-state index is 0.522. The molecule has 5 aliphatic rings. The monoisotopic (exact) mass is 853 g/mol. The molecule has 0 spiro atoms. The van der Waals surface area contributed by atoms with E-state index in [4.69, 9.17) is 42.6 Å². The van der Waals surface area contributed by atoms with E-state index in [9.17, 15) is 86.2 Å². The highest BCUT2D eigenvalue weighted by molar-refractivity contribution is 5.74.